The topological polar surface area (TPSA) is 78.6 Å². The van der Waals surface area contributed by atoms with Crippen molar-refractivity contribution in [1.82, 2.24) is 14.7 Å². The van der Waals surface area contributed by atoms with E-state index >= 15 is 0 Å². The molecule has 1 aliphatic rings. The minimum absolute atomic E-state index is 0.146. The highest BCUT2D eigenvalue weighted by Crippen LogP contribution is 2.23. The van der Waals surface area contributed by atoms with Crippen molar-refractivity contribution < 1.29 is 15.0 Å². The van der Waals surface area contributed by atoms with Gasteiger partial charge in [-0.05, 0) is 18.1 Å². The van der Waals surface area contributed by atoms with Crippen molar-refractivity contribution in [2.24, 2.45) is 0 Å². The highest BCUT2D eigenvalue weighted by atomic mass is 16.4. The number of benzene rings is 1. The van der Waals surface area contributed by atoms with Crippen molar-refractivity contribution in [2.75, 3.05) is 13.1 Å². The summed E-state index contributed by atoms with van der Waals surface area (Å²) in [5.74, 6) is -0.775. The number of aliphatic hydroxyl groups is 1. The van der Waals surface area contributed by atoms with E-state index in [1.807, 2.05) is 41.1 Å². The van der Waals surface area contributed by atoms with E-state index in [1.165, 1.54) is 0 Å². The van der Waals surface area contributed by atoms with Gasteiger partial charge in [0.05, 0.1) is 17.8 Å². The van der Waals surface area contributed by atoms with Gasteiger partial charge >= 0.3 is 5.97 Å². The number of nitrogens with zero attached hydrogens (tertiary/aromatic N) is 3. The maximum Gasteiger partial charge on any atom is 0.304 e. The van der Waals surface area contributed by atoms with Gasteiger partial charge in [0.15, 0.2) is 0 Å². The van der Waals surface area contributed by atoms with Gasteiger partial charge in [-0.1, -0.05) is 30.3 Å². The summed E-state index contributed by atoms with van der Waals surface area (Å²) in [5.41, 5.74) is 2.49. The number of fused-ring (bicyclic) bond motifs is 1. The van der Waals surface area contributed by atoms with Gasteiger partial charge < -0.3 is 10.2 Å². The van der Waals surface area contributed by atoms with E-state index in [0.29, 0.717) is 18.8 Å². The minimum atomic E-state index is -0.775. The van der Waals surface area contributed by atoms with E-state index < -0.39 is 12.1 Å². The maximum atomic E-state index is 10.7. The first-order valence-corrected chi connectivity index (χ1v) is 7.87. The van der Waals surface area contributed by atoms with Crippen LogP contribution < -0.4 is 0 Å². The molecule has 0 radical (unpaired) electrons. The molecule has 2 aromatic rings. The zero-order valence-electron chi connectivity index (χ0n) is 12.9. The van der Waals surface area contributed by atoms with Gasteiger partial charge in [0.2, 0.25) is 0 Å². The molecule has 2 N–H and O–H groups in total. The quantitative estimate of drug-likeness (QED) is 0.877. The molecular weight excluding hydrogens is 294 g/mol. The number of hydrogen-bond acceptors (Lipinski definition) is 4. The summed E-state index contributed by atoms with van der Waals surface area (Å²) in [6.45, 7) is 2.87. The molecule has 1 aliphatic heterocycles. The first kappa shape index (κ1) is 15.7. The van der Waals surface area contributed by atoms with Gasteiger partial charge in [-0.2, -0.15) is 5.10 Å². The zero-order chi connectivity index (χ0) is 16.2. The fourth-order valence-corrected chi connectivity index (χ4v) is 2.94. The number of carboxylic acid groups (broad SMARTS) is 1. The van der Waals surface area contributed by atoms with Crippen LogP contribution in [0.25, 0.3) is 0 Å². The van der Waals surface area contributed by atoms with E-state index in [9.17, 15) is 9.90 Å². The molecule has 0 bridgehead atoms. The molecule has 1 aromatic carbocycles. The summed E-state index contributed by atoms with van der Waals surface area (Å²) in [7, 11) is 0. The molecule has 0 saturated carbocycles. The van der Waals surface area contributed by atoms with E-state index in [2.05, 4.69) is 10.00 Å². The zero-order valence-corrected chi connectivity index (χ0v) is 12.9. The van der Waals surface area contributed by atoms with Crippen molar-refractivity contribution in [2.45, 2.75) is 32.0 Å². The summed E-state index contributed by atoms with van der Waals surface area (Å²) in [6.07, 6.45) is 0.339. The Kier molecular flexibility index (Phi) is 4.73. The van der Waals surface area contributed by atoms with Crippen LogP contribution in [0.3, 0.4) is 0 Å². The molecule has 122 valence electrons. The third-order valence-corrected chi connectivity index (χ3v) is 4.15. The predicted octanol–water partition coefficient (Wildman–Crippen LogP) is 1.65. The molecule has 0 amide bonds. The number of hydrogen-bond donors (Lipinski definition) is 2. The van der Waals surface area contributed by atoms with Crippen LogP contribution in [0.15, 0.2) is 36.4 Å². The SMILES string of the molecule is O=C(O)CCN1CCCn2nc([C@H](O)c3ccccc3)cc2C1. The smallest absolute Gasteiger partial charge is 0.304 e. The molecule has 23 heavy (non-hydrogen) atoms. The lowest BCUT2D eigenvalue weighted by atomic mass is 10.1. The third-order valence-electron chi connectivity index (χ3n) is 4.15. The highest BCUT2D eigenvalue weighted by Gasteiger charge is 2.20. The Bertz CT molecular complexity index is 669. The number of rotatable bonds is 5. The Morgan fingerprint density at radius 2 is 2.04 bits per heavy atom. The summed E-state index contributed by atoms with van der Waals surface area (Å²) in [5, 5.41) is 23.9. The van der Waals surface area contributed by atoms with Crippen LogP contribution in [0.4, 0.5) is 0 Å². The summed E-state index contributed by atoms with van der Waals surface area (Å²) in [6, 6.07) is 11.4. The number of carboxylic acids is 1. The second-order valence-corrected chi connectivity index (χ2v) is 5.87. The second kappa shape index (κ2) is 6.93. The van der Waals surface area contributed by atoms with Crippen LogP contribution in [-0.2, 0) is 17.9 Å². The number of carbonyl (C=O) groups is 1. The van der Waals surface area contributed by atoms with Gasteiger partial charge in [0, 0.05) is 26.2 Å². The van der Waals surface area contributed by atoms with Gasteiger partial charge in [0.1, 0.15) is 6.10 Å². The number of aliphatic carboxylic acids is 1. The van der Waals surface area contributed by atoms with E-state index in [4.69, 9.17) is 5.11 Å². The fraction of sp³-hybridized carbons (Fsp3) is 0.412. The van der Waals surface area contributed by atoms with Crippen LogP contribution in [0.2, 0.25) is 0 Å². The maximum absolute atomic E-state index is 10.7. The van der Waals surface area contributed by atoms with Crippen LogP contribution in [0.1, 0.15) is 35.9 Å². The van der Waals surface area contributed by atoms with Crippen LogP contribution >= 0.6 is 0 Å². The molecule has 0 saturated heterocycles. The molecule has 6 heteroatoms. The standard InChI is InChI=1S/C17H21N3O3/c21-16(22)7-10-19-8-4-9-20-14(12-19)11-15(18-20)17(23)13-5-2-1-3-6-13/h1-3,5-6,11,17,23H,4,7-10,12H2,(H,21,22)/t17-/m1/s1. The summed E-state index contributed by atoms with van der Waals surface area (Å²) >= 11 is 0. The number of aromatic nitrogens is 2. The van der Waals surface area contributed by atoms with Crippen molar-refractivity contribution in [3.8, 4) is 0 Å². The summed E-state index contributed by atoms with van der Waals surface area (Å²) in [4.78, 5) is 12.9. The molecule has 1 aromatic heterocycles. The van der Waals surface area contributed by atoms with Gasteiger partial charge in [-0.25, -0.2) is 0 Å². The van der Waals surface area contributed by atoms with Crippen LogP contribution in [0, 0.1) is 0 Å². The lowest BCUT2D eigenvalue weighted by molar-refractivity contribution is -0.137. The van der Waals surface area contributed by atoms with Crippen molar-refractivity contribution in [1.29, 1.82) is 0 Å². The lowest BCUT2D eigenvalue weighted by Crippen LogP contribution is -2.26. The van der Waals surface area contributed by atoms with Crippen molar-refractivity contribution in [3.05, 3.63) is 53.3 Å². The predicted molar refractivity (Wildman–Crippen MR) is 84.9 cm³/mol. The van der Waals surface area contributed by atoms with Gasteiger partial charge in [0.25, 0.3) is 0 Å². The molecule has 3 rings (SSSR count). The van der Waals surface area contributed by atoms with Crippen LogP contribution in [-0.4, -0.2) is 44.0 Å². The normalized spacial score (nSPS) is 16.6. The fourth-order valence-electron chi connectivity index (χ4n) is 2.94. The lowest BCUT2D eigenvalue weighted by Gasteiger charge is -2.17. The average molecular weight is 315 g/mol. The molecule has 2 heterocycles. The van der Waals surface area contributed by atoms with Crippen molar-refractivity contribution in [3.63, 3.8) is 0 Å². The Balaban J connectivity index is 1.75. The average Bonchev–Trinajstić information content (AvgIpc) is 2.85. The molecule has 1 atom stereocenters. The third kappa shape index (κ3) is 3.78. The Hall–Kier alpha value is -2.18. The van der Waals surface area contributed by atoms with Crippen LogP contribution in [0.5, 0.6) is 0 Å². The largest absolute Gasteiger partial charge is 0.481 e. The molecular formula is C17H21N3O3. The van der Waals surface area contributed by atoms with Gasteiger partial charge in [-0.3, -0.25) is 14.4 Å². The molecule has 0 unspecified atom stereocenters. The molecule has 0 aliphatic carbocycles. The molecule has 6 nitrogen and oxygen atoms in total. The second-order valence-electron chi connectivity index (χ2n) is 5.87. The Morgan fingerprint density at radius 3 is 2.78 bits per heavy atom. The molecule has 0 fully saturated rings. The molecule has 0 spiro atoms. The van der Waals surface area contributed by atoms with E-state index in [-0.39, 0.29) is 6.42 Å². The first-order valence-electron chi connectivity index (χ1n) is 7.87. The Labute approximate surface area is 135 Å². The monoisotopic (exact) mass is 315 g/mol. The van der Waals surface area contributed by atoms with Crippen molar-refractivity contribution >= 4 is 5.97 Å². The first-order chi connectivity index (χ1) is 11.1. The highest BCUT2D eigenvalue weighted by molar-refractivity contribution is 5.66. The summed E-state index contributed by atoms with van der Waals surface area (Å²) < 4.78 is 1.93. The van der Waals surface area contributed by atoms with E-state index in [0.717, 1.165) is 30.8 Å². The van der Waals surface area contributed by atoms with E-state index in [1.54, 1.807) is 0 Å². The number of aliphatic hydroxyl groups excluding tert-OH is 1. The Morgan fingerprint density at radius 1 is 1.26 bits per heavy atom. The minimum Gasteiger partial charge on any atom is -0.481 e. The number of aryl methyl sites for hydroxylation is 1. The van der Waals surface area contributed by atoms with Gasteiger partial charge in [-0.15, -0.1) is 0 Å².